The maximum Gasteiger partial charge on any atom is 0.490 e. The molecule has 0 aromatic rings. The number of carboxylic acids is 1. The third-order valence-corrected chi connectivity index (χ3v) is 1.97. The summed E-state index contributed by atoms with van der Waals surface area (Å²) >= 11 is 1.62. The molecule has 0 saturated heterocycles. The first-order valence-electron chi connectivity index (χ1n) is 4.15. The second-order valence-corrected chi connectivity index (χ2v) is 3.65. The molecular weight excluding hydrogens is 265 g/mol. The van der Waals surface area contributed by atoms with Crippen LogP contribution in [-0.4, -0.2) is 46.4 Å². The van der Waals surface area contributed by atoms with Crippen LogP contribution in [0.2, 0.25) is 0 Å². The average Bonchev–Trinajstić information content (AvgIpc) is 2.24. The van der Waals surface area contributed by atoms with E-state index in [0.717, 1.165) is 5.75 Å². The van der Waals surface area contributed by atoms with Gasteiger partial charge in [0.1, 0.15) is 0 Å². The summed E-state index contributed by atoms with van der Waals surface area (Å²) < 4.78 is 31.7. The minimum Gasteiger partial charge on any atom is -0.475 e. The predicted molar refractivity (Wildman–Crippen MR) is 54.6 cm³/mol. The zero-order valence-electron chi connectivity index (χ0n) is 8.82. The van der Waals surface area contributed by atoms with Crippen LogP contribution in [0.5, 0.6) is 0 Å². The molecule has 0 bridgehead atoms. The van der Waals surface area contributed by atoms with E-state index in [1.165, 1.54) is 5.48 Å². The van der Waals surface area contributed by atoms with Crippen LogP contribution in [0.1, 0.15) is 6.42 Å². The third kappa shape index (κ3) is 11.3. The van der Waals surface area contributed by atoms with Crippen LogP contribution in [0, 0.1) is 0 Å². The summed E-state index contributed by atoms with van der Waals surface area (Å²) in [4.78, 5) is 19.4. The Kier molecular flexibility index (Phi) is 9.80. The zero-order valence-corrected chi connectivity index (χ0v) is 9.64. The van der Waals surface area contributed by atoms with Gasteiger partial charge in [0.05, 0.1) is 6.04 Å². The van der Waals surface area contributed by atoms with Gasteiger partial charge in [-0.25, -0.2) is 10.3 Å². The Balaban J connectivity index is 0. The lowest BCUT2D eigenvalue weighted by Gasteiger charge is -2.06. The molecular formula is C7H13F3N2O4S. The number of thioether (sulfide) groups is 1. The van der Waals surface area contributed by atoms with Gasteiger partial charge >= 0.3 is 12.1 Å². The van der Waals surface area contributed by atoms with Crippen molar-refractivity contribution < 1.29 is 33.1 Å². The molecule has 0 aromatic carbocycles. The number of hydrogen-bond acceptors (Lipinski definition) is 5. The molecule has 0 fully saturated rings. The fraction of sp³-hybridized carbons (Fsp3) is 0.714. The molecule has 1 atom stereocenters. The molecule has 0 aromatic heterocycles. The number of hydroxylamine groups is 1. The SMILES string of the molecule is CSCC[C@H](N)C(=O)NO.O=C(O)C(F)(F)F. The van der Waals surface area contributed by atoms with Crippen LogP contribution < -0.4 is 11.2 Å². The zero-order chi connectivity index (χ0) is 14.1. The van der Waals surface area contributed by atoms with Crippen LogP contribution in [0.15, 0.2) is 0 Å². The molecule has 0 heterocycles. The second-order valence-electron chi connectivity index (χ2n) is 2.67. The molecule has 0 aliphatic carbocycles. The van der Waals surface area contributed by atoms with Gasteiger partial charge < -0.3 is 10.8 Å². The van der Waals surface area contributed by atoms with Gasteiger partial charge in [-0.15, -0.1) is 0 Å². The van der Waals surface area contributed by atoms with E-state index in [-0.39, 0.29) is 0 Å². The highest BCUT2D eigenvalue weighted by Gasteiger charge is 2.38. The van der Waals surface area contributed by atoms with Gasteiger partial charge in [-0.3, -0.25) is 10.0 Å². The average molecular weight is 278 g/mol. The lowest BCUT2D eigenvalue weighted by Crippen LogP contribution is -2.39. The van der Waals surface area contributed by atoms with Crippen molar-refractivity contribution in [2.24, 2.45) is 5.73 Å². The van der Waals surface area contributed by atoms with Gasteiger partial charge in [0.15, 0.2) is 0 Å². The van der Waals surface area contributed by atoms with Crippen LogP contribution >= 0.6 is 11.8 Å². The molecule has 0 unspecified atom stereocenters. The van der Waals surface area contributed by atoms with Crippen molar-refractivity contribution >= 4 is 23.6 Å². The Morgan fingerprint density at radius 1 is 1.47 bits per heavy atom. The van der Waals surface area contributed by atoms with Crippen LogP contribution in [0.25, 0.3) is 0 Å². The number of alkyl halides is 3. The van der Waals surface area contributed by atoms with Gasteiger partial charge in [-0.1, -0.05) is 0 Å². The maximum absolute atomic E-state index is 10.6. The van der Waals surface area contributed by atoms with E-state index in [2.05, 4.69) is 0 Å². The predicted octanol–water partition coefficient (Wildman–Crippen LogP) is 0.205. The van der Waals surface area contributed by atoms with Gasteiger partial charge in [0.25, 0.3) is 5.91 Å². The normalized spacial score (nSPS) is 12.1. The number of hydrogen-bond donors (Lipinski definition) is 4. The molecule has 5 N–H and O–H groups in total. The van der Waals surface area contributed by atoms with Crippen LogP contribution in [-0.2, 0) is 9.59 Å². The Morgan fingerprint density at radius 2 is 1.88 bits per heavy atom. The Bertz CT molecular complexity index is 250. The van der Waals surface area contributed by atoms with E-state index in [0.29, 0.717) is 6.42 Å². The number of rotatable bonds is 4. The molecule has 10 heteroatoms. The summed E-state index contributed by atoms with van der Waals surface area (Å²) in [6.07, 6.45) is -2.56. The molecule has 0 saturated carbocycles. The highest BCUT2D eigenvalue weighted by molar-refractivity contribution is 7.98. The van der Waals surface area contributed by atoms with Crippen molar-refractivity contribution in [3.63, 3.8) is 0 Å². The first kappa shape index (κ1) is 18.4. The largest absolute Gasteiger partial charge is 0.490 e. The number of carbonyl (C=O) groups excluding carboxylic acids is 1. The minimum atomic E-state index is -5.08. The summed E-state index contributed by atoms with van der Waals surface area (Å²) in [6.45, 7) is 0. The number of carbonyl (C=O) groups is 2. The maximum atomic E-state index is 10.6. The lowest BCUT2D eigenvalue weighted by atomic mass is 10.2. The van der Waals surface area contributed by atoms with Crippen molar-refractivity contribution in [3.8, 4) is 0 Å². The first-order chi connectivity index (χ1) is 7.66. The van der Waals surface area contributed by atoms with Crippen molar-refractivity contribution in [3.05, 3.63) is 0 Å². The Labute approximate surface area is 99.3 Å². The van der Waals surface area contributed by atoms with E-state index in [4.69, 9.17) is 20.8 Å². The number of halogens is 3. The van der Waals surface area contributed by atoms with E-state index < -0.39 is 24.1 Å². The number of carboxylic acid groups (broad SMARTS) is 1. The Morgan fingerprint density at radius 3 is 2.12 bits per heavy atom. The lowest BCUT2D eigenvalue weighted by molar-refractivity contribution is -0.192. The highest BCUT2D eigenvalue weighted by Crippen LogP contribution is 2.13. The van der Waals surface area contributed by atoms with Crippen molar-refractivity contribution in [2.75, 3.05) is 12.0 Å². The first-order valence-corrected chi connectivity index (χ1v) is 5.54. The minimum absolute atomic E-state index is 0.519. The van der Waals surface area contributed by atoms with Crippen molar-refractivity contribution in [1.29, 1.82) is 0 Å². The van der Waals surface area contributed by atoms with Gasteiger partial charge in [-0.2, -0.15) is 24.9 Å². The number of nitrogens with two attached hydrogens (primary N) is 1. The molecule has 0 aliphatic rings. The van der Waals surface area contributed by atoms with E-state index in [1.807, 2.05) is 6.26 Å². The smallest absolute Gasteiger partial charge is 0.475 e. The third-order valence-electron chi connectivity index (χ3n) is 1.32. The molecule has 6 nitrogen and oxygen atoms in total. The monoisotopic (exact) mass is 278 g/mol. The van der Waals surface area contributed by atoms with Gasteiger partial charge in [0.2, 0.25) is 0 Å². The molecule has 17 heavy (non-hydrogen) atoms. The number of aliphatic carboxylic acids is 1. The quantitative estimate of drug-likeness (QED) is 0.432. The van der Waals surface area contributed by atoms with Crippen molar-refractivity contribution in [1.82, 2.24) is 5.48 Å². The fourth-order valence-electron chi connectivity index (χ4n) is 0.459. The molecule has 1 amide bonds. The van der Waals surface area contributed by atoms with Gasteiger partial charge in [-0.05, 0) is 18.4 Å². The molecule has 0 radical (unpaired) electrons. The standard InChI is InChI=1S/C5H12N2O2S.C2HF3O2/c1-10-3-2-4(6)5(8)7-9;3-2(4,5)1(6)7/h4,9H,2-3,6H2,1H3,(H,7,8);(H,6,7)/t4-;/m0./s1. The second kappa shape index (κ2) is 9.07. The summed E-state index contributed by atoms with van der Waals surface area (Å²) in [5.74, 6) is -2.45. The number of nitrogens with one attached hydrogen (secondary N) is 1. The van der Waals surface area contributed by atoms with E-state index >= 15 is 0 Å². The van der Waals surface area contributed by atoms with Crippen LogP contribution in [0.4, 0.5) is 13.2 Å². The Hall–Kier alpha value is -1.00. The molecule has 0 spiro atoms. The summed E-state index contributed by atoms with van der Waals surface area (Å²) in [6, 6.07) is -0.586. The van der Waals surface area contributed by atoms with E-state index in [9.17, 15) is 18.0 Å². The highest BCUT2D eigenvalue weighted by atomic mass is 32.2. The molecule has 102 valence electrons. The number of amides is 1. The molecule has 0 aliphatic heterocycles. The van der Waals surface area contributed by atoms with E-state index in [1.54, 1.807) is 11.8 Å². The summed E-state index contributed by atoms with van der Waals surface area (Å²) in [5.41, 5.74) is 6.83. The van der Waals surface area contributed by atoms with Gasteiger partial charge in [0, 0.05) is 0 Å². The topological polar surface area (TPSA) is 113 Å². The molecule has 0 rings (SSSR count). The van der Waals surface area contributed by atoms with Crippen molar-refractivity contribution in [2.45, 2.75) is 18.6 Å². The fourth-order valence-corrected chi connectivity index (χ4v) is 0.948. The summed E-state index contributed by atoms with van der Waals surface area (Å²) in [7, 11) is 0. The summed E-state index contributed by atoms with van der Waals surface area (Å²) in [5, 5.41) is 15.2. The van der Waals surface area contributed by atoms with Crippen LogP contribution in [0.3, 0.4) is 0 Å².